The van der Waals surface area contributed by atoms with Gasteiger partial charge in [-0.25, -0.2) is 9.36 Å². The number of hydrogen-bond acceptors (Lipinski definition) is 6. The fourth-order valence-corrected chi connectivity index (χ4v) is 2.99. The van der Waals surface area contributed by atoms with Crippen molar-refractivity contribution in [3.8, 4) is 0 Å². The lowest BCUT2D eigenvalue weighted by Gasteiger charge is -2.05. The SMILES string of the molecule is O=C(O)CCn1ccc(=NN=CN=NCC(C(=O)O)[n+]2cn(C(=O)O)c3ccccc32)cc1. The van der Waals surface area contributed by atoms with Gasteiger partial charge in [-0.3, -0.25) is 4.79 Å². The topological polar surface area (TPSA) is 175 Å². The van der Waals surface area contributed by atoms with Gasteiger partial charge in [-0.05, 0) is 24.3 Å². The highest BCUT2D eigenvalue weighted by molar-refractivity contribution is 5.84. The third-order valence-corrected chi connectivity index (χ3v) is 4.56. The largest absolute Gasteiger partial charge is 0.509 e. The molecule has 0 fully saturated rings. The van der Waals surface area contributed by atoms with Crippen LogP contribution in [0.1, 0.15) is 12.5 Å². The molecule has 1 unspecified atom stereocenters. The number of carboxylic acids is 2. The molecule has 0 aliphatic rings. The number of aliphatic carboxylic acids is 2. The van der Waals surface area contributed by atoms with Crippen LogP contribution in [0.5, 0.6) is 0 Å². The zero-order chi connectivity index (χ0) is 23.8. The van der Waals surface area contributed by atoms with Crippen molar-refractivity contribution in [3.63, 3.8) is 0 Å². The van der Waals surface area contributed by atoms with Gasteiger partial charge in [0.2, 0.25) is 6.04 Å². The highest BCUT2D eigenvalue weighted by Gasteiger charge is 2.30. The summed E-state index contributed by atoms with van der Waals surface area (Å²) in [6, 6.07) is 8.64. The van der Waals surface area contributed by atoms with E-state index in [-0.39, 0.29) is 13.0 Å². The van der Waals surface area contributed by atoms with E-state index in [4.69, 9.17) is 5.11 Å². The van der Waals surface area contributed by atoms with Crippen molar-refractivity contribution in [2.45, 2.75) is 19.0 Å². The predicted molar refractivity (Wildman–Crippen MR) is 113 cm³/mol. The van der Waals surface area contributed by atoms with E-state index in [9.17, 15) is 24.6 Å². The Morgan fingerprint density at radius 2 is 1.79 bits per heavy atom. The van der Waals surface area contributed by atoms with Crippen molar-refractivity contribution in [3.05, 3.63) is 60.5 Å². The van der Waals surface area contributed by atoms with Crippen LogP contribution in [0.3, 0.4) is 0 Å². The van der Waals surface area contributed by atoms with E-state index in [1.807, 2.05) is 0 Å². The van der Waals surface area contributed by atoms with Gasteiger partial charge in [-0.1, -0.05) is 12.1 Å². The number of carbonyl (C=O) groups is 3. The normalized spacial score (nSPS) is 12.4. The highest BCUT2D eigenvalue weighted by Crippen LogP contribution is 2.13. The van der Waals surface area contributed by atoms with Crippen molar-refractivity contribution in [1.29, 1.82) is 0 Å². The second kappa shape index (κ2) is 10.6. The molecule has 170 valence electrons. The van der Waals surface area contributed by atoms with E-state index >= 15 is 0 Å². The number of benzene rings is 1. The molecule has 3 rings (SSSR count). The van der Waals surface area contributed by atoms with Gasteiger partial charge in [-0.15, -0.1) is 19.9 Å². The van der Waals surface area contributed by atoms with Gasteiger partial charge in [0.1, 0.15) is 6.54 Å². The van der Waals surface area contributed by atoms with Gasteiger partial charge in [0.15, 0.2) is 17.4 Å². The molecule has 0 saturated heterocycles. The quantitative estimate of drug-likeness (QED) is 0.145. The van der Waals surface area contributed by atoms with Crippen molar-refractivity contribution >= 4 is 35.4 Å². The zero-order valence-electron chi connectivity index (χ0n) is 17.2. The summed E-state index contributed by atoms with van der Waals surface area (Å²) in [4.78, 5) is 33.8. The summed E-state index contributed by atoms with van der Waals surface area (Å²) in [5.41, 5.74) is 0.775. The van der Waals surface area contributed by atoms with Crippen LogP contribution in [0.4, 0.5) is 4.79 Å². The maximum Gasteiger partial charge on any atom is 0.509 e. The van der Waals surface area contributed by atoms with Crippen LogP contribution in [0.25, 0.3) is 11.0 Å². The van der Waals surface area contributed by atoms with Gasteiger partial charge in [0, 0.05) is 18.9 Å². The molecule has 33 heavy (non-hydrogen) atoms. The molecule has 13 heteroatoms. The van der Waals surface area contributed by atoms with E-state index in [1.54, 1.807) is 53.4 Å². The number of nitrogens with zero attached hydrogens (tertiary/aromatic N) is 7. The average Bonchev–Trinajstić information content (AvgIpc) is 3.17. The molecule has 0 spiro atoms. The predicted octanol–water partition coefficient (Wildman–Crippen LogP) is 1.35. The smallest absolute Gasteiger partial charge is 0.481 e. The van der Waals surface area contributed by atoms with Crippen LogP contribution < -0.4 is 9.92 Å². The number of aryl methyl sites for hydroxylation is 1. The minimum absolute atomic E-state index is 0.00609. The summed E-state index contributed by atoms with van der Waals surface area (Å²) >= 11 is 0. The minimum atomic E-state index is -1.24. The Hall–Kier alpha value is -4.68. The number of para-hydroxylation sites is 2. The monoisotopic (exact) mass is 454 g/mol. The second-order valence-corrected chi connectivity index (χ2v) is 6.73. The summed E-state index contributed by atoms with van der Waals surface area (Å²) in [6.07, 6.45) is 4.35. The molecule has 0 saturated carbocycles. The maximum atomic E-state index is 11.8. The Morgan fingerprint density at radius 1 is 1.06 bits per heavy atom. The molecule has 0 aliphatic heterocycles. The summed E-state index contributed by atoms with van der Waals surface area (Å²) in [6.45, 7) is 0.0789. The molecular formula is C20H20N7O6+. The van der Waals surface area contributed by atoms with E-state index in [1.165, 1.54) is 10.9 Å². The fourth-order valence-electron chi connectivity index (χ4n) is 2.99. The third-order valence-electron chi connectivity index (χ3n) is 4.56. The van der Waals surface area contributed by atoms with Gasteiger partial charge in [0.25, 0.3) is 6.33 Å². The Morgan fingerprint density at radius 3 is 2.45 bits per heavy atom. The molecule has 0 amide bonds. The summed E-state index contributed by atoms with van der Waals surface area (Å²) in [7, 11) is 0. The Labute approximate surface area is 185 Å². The number of carboxylic acid groups (broad SMARTS) is 3. The Balaban J connectivity index is 1.68. The van der Waals surface area contributed by atoms with Gasteiger partial charge >= 0.3 is 18.0 Å². The Kier molecular flexibility index (Phi) is 7.36. The number of aromatic nitrogens is 3. The molecule has 1 atom stereocenters. The summed E-state index contributed by atoms with van der Waals surface area (Å²) in [5, 5.41) is 43.3. The van der Waals surface area contributed by atoms with Crippen LogP contribution >= 0.6 is 0 Å². The molecule has 13 nitrogen and oxygen atoms in total. The molecule has 2 aromatic heterocycles. The van der Waals surface area contributed by atoms with E-state index in [0.29, 0.717) is 22.9 Å². The second-order valence-electron chi connectivity index (χ2n) is 6.73. The molecule has 3 N–H and O–H groups in total. The average molecular weight is 454 g/mol. The van der Waals surface area contributed by atoms with Crippen molar-refractivity contribution in [1.82, 2.24) is 9.13 Å². The summed E-state index contributed by atoms with van der Waals surface area (Å²) < 4.78 is 3.95. The van der Waals surface area contributed by atoms with E-state index in [2.05, 4.69) is 20.4 Å². The van der Waals surface area contributed by atoms with E-state index < -0.39 is 24.1 Å². The lowest BCUT2D eigenvalue weighted by Crippen LogP contribution is -2.45. The van der Waals surface area contributed by atoms with Crippen LogP contribution in [0.15, 0.2) is 75.6 Å². The molecule has 0 bridgehead atoms. The zero-order valence-corrected chi connectivity index (χ0v) is 17.2. The summed E-state index contributed by atoms with van der Waals surface area (Å²) in [5.74, 6) is -2.09. The third kappa shape index (κ3) is 5.94. The molecular weight excluding hydrogens is 434 g/mol. The van der Waals surface area contributed by atoms with Gasteiger partial charge in [-0.2, -0.15) is 9.91 Å². The van der Waals surface area contributed by atoms with Gasteiger partial charge < -0.3 is 19.9 Å². The van der Waals surface area contributed by atoms with Crippen LogP contribution in [-0.4, -0.2) is 55.4 Å². The molecule has 0 radical (unpaired) electrons. The Bertz CT molecular complexity index is 1290. The molecule has 1 aromatic carbocycles. The van der Waals surface area contributed by atoms with Crippen molar-refractivity contribution < 1.29 is 34.3 Å². The molecule has 0 aliphatic carbocycles. The number of rotatable bonds is 9. The number of fused-ring (bicyclic) bond motifs is 1. The molecule has 3 aromatic rings. The van der Waals surface area contributed by atoms with Crippen LogP contribution in [0.2, 0.25) is 0 Å². The van der Waals surface area contributed by atoms with Gasteiger partial charge in [0.05, 0.1) is 11.8 Å². The lowest BCUT2D eigenvalue weighted by atomic mass is 10.2. The van der Waals surface area contributed by atoms with Crippen molar-refractivity contribution in [2.24, 2.45) is 20.4 Å². The lowest BCUT2D eigenvalue weighted by molar-refractivity contribution is -0.683. The standard InChI is InChI=1S/C20H19N7O6/c28-18(29)7-10-25-8-5-14(6-9-25)24-23-12-22-21-11-17(19(30)31)26-13-27(20(32)33)16-4-2-1-3-15(16)26/h1-6,8-9,12-13,17H,7,10-11H2,(H2-,28,29,30,31,32,33)/p+1. The first kappa shape index (κ1) is 23.0. The van der Waals surface area contributed by atoms with E-state index in [0.717, 1.165) is 10.9 Å². The maximum absolute atomic E-state index is 11.8. The first-order valence-corrected chi connectivity index (χ1v) is 9.64. The number of azo groups is 1. The highest BCUT2D eigenvalue weighted by atomic mass is 16.4. The number of pyridine rings is 1. The van der Waals surface area contributed by atoms with Crippen LogP contribution in [0, 0.1) is 0 Å². The number of imidazole rings is 1. The fraction of sp³-hybridized carbons (Fsp3) is 0.200. The van der Waals surface area contributed by atoms with Crippen molar-refractivity contribution in [2.75, 3.05) is 6.54 Å². The molecule has 2 heterocycles. The first-order valence-electron chi connectivity index (χ1n) is 9.64. The van der Waals surface area contributed by atoms with Crippen LogP contribution in [-0.2, 0) is 16.1 Å². The number of hydrogen-bond donors (Lipinski definition) is 3. The first-order chi connectivity index (χ1) is 15.9. The minimum Gasteiger partial charge on any atom is -0.481 e.